The standard InChI is InChI=1S/C5H9N3O2S/c6-3(4(9)10)2-1-8-5(7)11-2/h2-3H,1,6H2,(H2,7,8)(H,9,10)/t2?,3-/m0/s1. The maximum Gasteiger partial charge on any atom is 0.321 e. The molecule has 0 aromatic heterocycles. The van der Waals surface area contributed by atoms with Crippen molar-refractivity contribution < 1.29 is 9.90 Å². The molecule has 6 heteroatoms. The van der Waals surface area contributed by atoms with Gasteiger partial charge in [-0.2, -0.15) is 0 Å². The number of amidine groups is 1. The van der Waals surface area contributed by atoms with E-state index in [1.165, 1.54) is 11.8 Å². The van der Waals surface area contributed by atoms with Gasteiger partial charge in [0, 0.05) is 0 Å². The van der Waals surface area contributed by atoms with Crippen LogP contribution in [-0.4, -0.2) is 34.1 Å². The lowest BCUT2D eigenvalue weighted by molar-refractivity contribution is -0.138. The van der Waals surface area contributed by atoms with Crippen molar-refractivity contribution >= 4 is 22.9 Å². The molecular formula is C5H9N3O2S. The number of aliphatic imine (C=N–C) groups is 1. The Morgan fingerprint density at radius 1 is 1.91 bits per heavy atom. The maximum absolute atomic E-state index is 10.4. The van der Waals surface area contributed by atoms with Crippen molar-refractivity contribution in [1.29, 1.82) is 0 Å². The highest BCUT2D eigenvalue weighted by molar-refractivity contribution is 8.14. The Balaban J connectivity index is 2.47. The van der Waals surface area contributed by atoms with Crippen molar-refractivity contribution in [1.82, 2.24) is 0 Å². The van der Waals surface area contributed by atoms with Crippen LogP contribution in [0.25, 0.3) is 0 Å². The third-order valence-corrected chi connectivity index (χ3v) is 2.50. The summed E-state index contributed by atoms with van der Waals surface area (Å²) in [6.45, 7) is 0.407. The second-order valence-corrected chi connectivity index (χ2v) is 3.46. The number of nitrogens with zero attached hydrogens (tertiary/aromatic N) is 1. The van der Waals surface area contributed by atoms with E-state index in [1.54, 1.807) is 0 Å². The summed E-state index contributed by atoms with van der Waals surface area (Å²) in [5.74, 6) is -1.01. The van der Waals surface area contributed by atoms with Gasteiger partial charge in [-0.05, 0) is 0 Å². The topological polar surface area (TPSA) is 102 Å². The fraction of sp³-hybridized carbons (Fsp3) is 0.600. The quantitative estimate of drug-likeness (QED) is 0.490. The zero-order valence-corrected chi connectivity index (χ0v) is 6.54. The van der Waals surface area contributed by atoms with Crippen LogP contribution in [-0.2, 0) is 4.79 Å². The lowest BCUT2D eigenvalue weighted by Gasteiger charge is -2.11. The van der Waals surface area contributed by atoms with Crippen LogP contribution >= 0.6 is 11.8 Å². The number of nitrogens with two attached hydrogens (primary N) is 2. The van der Waals surface area contributed by atoms with E-state index in [0.29, 0.717) is 11.7 Å². The minimum absolute atomic E-state index is 0.201. The molecule has 0 saturated carbocycles. The Hall–Kier alpha value is -0.750. The van der Waals surface area contributed by atoms with Crippen LogP contribution < -0.4 is 11.5 Å². The van der Waals surface area contributed by atoms with E-state index in [-0.39, 0.29) is 5.25 Å². The summed E-state index contributed by atoms with van der Waals surface area (Å²) in [7, 11) is 0. The molecule has 11 heavy (non-hydrogen) atoms. The molecular weight excluding hydrogens is 166 g/mol. The largest absolute Gasteiger partial charge is 0.480 e. The molecule has 1 unspecified atom stereocenters. The lowest BCUT2D eigenvalue weighted by atomic mass is 10.2. The summed E-state index contributed by atoms with van der Waals surface area (Å²) in [6, 6.07) is -0.871. The summed E-state index contributed by atoms with van der Waals surface area (Å²) < 4.78 is 0. The van der Waals surface area contributed by atoms with Crippen LogP contribution in [0.2, 0.25) is 0 Å². The highest BCUT2D eigenvalue weighted by Crippen LogP contribution is 2.20. The number of hydrogen-bond acceptors (Lipinski definition) is 5. The predicted molar refractivity (Wildman–Crippen MR) is 43.5 cm³/mol. The maximum atomic E-state index is 10.4. The van der Waals surface area contributed by atoms with Crippen molar-refractivity contribution in [3.8, 4) is 0 Å². The number of aliphatic carboxylic acids is 1. The van der Waals surface area contributed by atoms with Gasteiger partial charge in [0.15, 0.2) is 5.17 Å². The van der Waals surface area contributed by atoms with Crippen LogP contribution in [0, 0.1) is 0 Å². The Labute approximate surface area is 67.8 Å². The van der Waals surface area contributed by atoms with E-state index in [2.05, 4.69) is 4.99 Å². The van der Waals surface area contributed by atoms with Gasteiger partial charge in [-0.1, -0.05) is 11.8 Å². The third kappa shape index (κ3) is 1.84. The summed E-state index contributed by atoms with van der Waals surface area (Å²) in [5, 5.41) is 8.72. The molecule has 5 N–H and O–H groups in total. The van der Waals surface area contributed by atoms with E-state index in [0.717, 1.165) is 0 Å². The number of thioether (sulfide) groups is 1. The van der Waals surface area contributed by atoms with Gasteiger partial charge in [0.25, 0.3) is 0 Å². The molecule has 0 bridgehead atoms. The van der Waals surface area contributed by atoms with Gasteiger partial charge in [0.1, 0.15) is 6.04 Å². The lowest BCUT2D eigenvalue weighted by Crippen LogP contribution is -2.40. The zero-order chi connectivity index (χ0) is 8.43. The molecule has 0 aromatic carbocycles. The minimum Gasteiger partial charge on any atom is -0.480 e. The van der Waals surface area contributed by atoms with Crippen molar-refractivity contribution in [3.05, 3.63) is 0 Å². The summed E-state index contributed by atoms with van der Waals surface area (Å²) in [5.41, 5.74) is 10.7. The highest BCUT2D eigenvalue weighted by Gasteiger charge is 2.28. The molecule has 1 rings (SSSR count). The van der Waals surface area contributed by atoms with E-state index < -0.39 is 12.0 Å². The van der Waals surface area contributed by atoms with Gasteiger partial charge in [0.05, 0.1) is 11.8 Å². The number of carboxylic acids is 1. The van der Waals surface area contributed by atoms with E-state index in [4.69, 9.17) is 16.6 Å². The second kappa shape index (κ2) is 3.10. The monoisotopic (exact) mass is 175 g/mol. The molecule has 0 saturated heterocycles. The molecule has 0 fully saturated rings. The Kier molecular flexibility index (Phi) is 2.35. The van der Waals surface area contributed by atoms with E-state index in [1.807, 2.05) is 0 Å². The average molecular weight is 175 g/mol. The molecule has 0 radical (unpaired) electrons. The van der Waals surface area contributed by atoms with Crippen molar-refractivity contribution in [3.63, 3.8) is 0 Å². The first-order valence-electron chi connectivity index (χ1n) is 3.06. The highest BCUT2D eigenvalue weighted by atomic mass is 32.2. The number of rotatable bonds is 2. The van der Waals surface area contributed by atoms with Gasteiger partial charge in [-0.15, -0.1) is 0 Å². The van der Waals surface area contributed by atoms with Gasteiger partial charge in [0.2, 0.25) is 0 Å². The summed E-state index contributed by atoms with van der Waals surface area (Å²) in [4.78, 5) is 14.2. The van der Waals surface area contributed by atoms with Crippen LogP contribution in [0.1, 0.15) is 0 Å². The molecule has 1 heterocycles. The fourth-order valence-electron chi connectivity index (χ4n) is 0.755. The molecule has 0 spiro atoms. The molecule has 62 valence electrons. The molecule has 0 aliphatic carbocycles. The first-order chi connectivity index (χ1) is 5.11. The van der Waals surface area contributed by atoms with E-state index in [9.17, 15) is 4.79 Å². The molecule has 5 nitrogen and oxygen atoms in total. The van der Waals surface area contributed by atoms with Crippen LogP contribution in [0.4, 0.5) is 0 Å². The van der Waals surface area contributed by atoms with Crippen molar-refractivity contribution in [2.24, 2.45) is 16.5 Å². The van der Waals surface area contributed by atoms with Gasteiger partial charge in [-0.3, -0.25) is 9.79 Å². The van der Waals surface area contributed by atoms with Crippen LogP contribution in [0.3, 0.4) is 0 Å². The fourth-order valence-corrected chi connectivity index (χ4v) is 1.63. The zero-order valence-electron chi connectivity index (χ0n) is 5.73. The number of carbonyl (C=O) groups is 1. The normalized spacial score (nSPS) is 26.3. The summed E-state index contributed by atoms with van der Waals surface area (Å²) in [6.07, 6.45) is 0. The first-order valence-corrected chi connectivity index (χ1v) is 3.94. The average Bonchev–Trinajstić information content (AvgIpc) is 2.34. The van der Waals surface area contributed by atoms with Crippen LogP contribution in [0.15, 0.2) is 4.99 Å². The molecule has 0 amide bonds. The summed E-state index contributed by atoms with van der Waals surface area (Å²) >= 11 is 1.22. The Morgan fingerprint density at radius 2 is 2.55 bits per heavy atom. The van der Waals surface area contributed by atoms with Crippen molar-refractivity contribution in [2.45, 2.75) is 11.3 Å². The van der Waals surface area contributed by atoms with Gasteiger partial charge >= 0.3 is 5.97 Å². The number of carboxylic acid groups (broad SMARTS) is 1. The smallest absolute Gasteiger partial charge is 0.321 e. The second-order valence-electron chi connectivity index (χ2n) is 2.20. The minimum atomic E-state index is -1.01. The predicted octanol–water partition coefficient (Wildman–Crippen LogP) is -1.17. The Morgan fingerprint density at radius 3 is 2.91 bits per heavy atom. The Bertz CT molecular complexity index is 206. The van der Waals surface area contributed by atoms with Gasteiger partial charge in [-0.25, -0.2) is 0 Å². The molecule has 2 atom stereocenters. The third-order valence-electron chi connectivity index (χ3n) is 1.38. The first kappa shape index (κ1) is 8.35. The SMILES string of the molecule is NC1=NCC([C@H](N)C(=O)O)S1. The number of hydrogen-bond donors (Lipinski definition) is 3. The molecule has 0 aromatic rings. The van der Waals surface area contributed by atoms with E-state index >= 15 is 0 Å². The van der Waals surface area contributed by atoms with Gasteiger partial charge < -0.3 is 16.6 Å². The van der Waals surface area contributed by atoms with Crippen LogP contribution in [0.5, 0.6) is 0 Å². The molecule has 1 aliphatic heterocycles. The molecule has 1 aliphatic rings. The van der Waals surface area contributed by atoms with Crippen molar-refractivity contribution in [2.75, 3.05) is 6.54 Å².